The second-order valence-corrected chi connectivity index (χ2v) is 5.39. The summed E-state index contributed by atoms with van der Waals surface area (Å²) in [4.78, 5) is 15.2. The highest BCUT2D eigenvalue weighted by Crippen LogP contribution is 2.23. The molecule has 0 bridgehead atoms. The summed E-state index contributed by atoms with van der Waals surface area (Å²) >= 11 is 1.67. The van der Waals surface area contributed by atoms with Crippen LogP contribution in [0.1, 0.15) is 25.1 Å². The number of nitrogens with two attached hydrogens (primary N) is 1. The predicted octanol–water partition coefficient (Wildman–Crippen LogP) is 2.08. The molecule has 90 valence electrons. The third-order valence-electron chi connectivity index (χ3n) is 3.07. The van der Waals surface area contributed by atoms with Crippen molar-refractivity contribution >= 4 is 17.2 Å². The van der Waals surface area contributed by atoms with Gasteiger partial charge in [-0.3, -0.25) is 4.79 Å². The monoisotopic (exact) mass is 240 g/mol. The lowest BCUT2D eigenvalue weighted by Crippen LogP contribution is -2.44. The summed E-state index contributed by atoms with van der Waals surface area (Å²) in [6.45, 7) is 5.01. The van der Waals surface area contributed by atoms with Gasteiger partial charge in [0.15, 0.2) is 0 Å². The van der Waals surface area contributed by atoms with Crippen LogP contribution in [0.4, 0.5) is 0 Å². The summed E-state index contributed by atoms with van der Waals surface area (Å²) in [5, 5.41) is 2.02. The molecule has 1 rings (SSSR count). The molecular formula is C12H20N2OS. The van der Waals surface area contributed by atoms with E-state index in [9.17, 15) is 4.79 Å². The van der Waals surface area contributed by atoms with Gasteiger partial charge < -0.3 is 10.6 Å². The molecule has 0 aromatic carbocycles. The Morgan fingerprint density at radius 1 is 1.62 bits per heavy atom. The normalized spacial score (nSPS) is 14.5. The predicted molar refractivity (Wildman–Crippen MR) is 68.2 cm³/mol. The molecule has 3 nitrogen and oxygen atoms in total. The molecule has 2 N–H and O–H groups in total. The first-order valence-electron chi connectivity index (χ1n) is 5.51. The molecule has 1 aromatic rings. The van der Waals surface area contributed by atoms with Crippen molar-refractivity contribution in [3.63, 3.8) is 0 Å². The fourth-order valence-electron chi connectivity index (χ4n) is 1.55. The van der Waals surface area contributed by atoms with Crippen molar-refractivity contribution in [2.75, 3.05) is 13.6 Å². The number of amides is 1. The Labute approximate surface area is 101 Å². The van der Waals surface area contributed by atoms with E-state index in [1.807, 2.05) is 38.4 Å². The van der Waals surface area contributed by atoms with Gasteiger partial charge in [0.05, 0.1) is 12.0 Å². The summed E-state index contributed by atoms with van der Waals surface area (Å²) in [5.74, 6) is 0.130. The van der Waals surface area contributed by atoms with E-state index < -0.39 is 5.41 Å². The molecule has 0 aliphatic carbocycles. The first kappa shape index (κ1) is 13.2. The van der Waals surface area contributed by atoms with E-state index in [2.05, 4.69) is 0 Å². The van der Waals surface area contributed by atoms with Gasteiger partial charge in [-0.25, -0.2) is 0 Å². The summed E-state index contributed by atoms with van der Waals surface area (Å²) < 4.78 is 0. The van der Waals surface area contributed by atoms with Crippen LogP contribution in [0, 0.1) is 5.41 Å². The van der Waals surface area contributed by atoms with Crippen LogP contribution in [-0.2, 0) is 11.3 Å². The summed E-state index contributed by atoms with van der Waals surface area (Å²) in [6.07, 6.45) is 0.775. The summed E-state index contributed by atoms with van der Waals surface area (Å²) in [7, 11) is 1.84. The van der Waals surface area contributed by atoms with E-state index in [0.29, 0.717) is 13.1 Å². The zero-order valence-electron chi connectivity index (χ0n) is 10.2. The Balaban J connectivity index is 2.67. The van der Waals surface area contributed by atoms with Gasteiger partial charge in [0.1, 0.15) is 0 Å². The number of hydrogen-bond donors (Lipinski definition) is 1. The molecule has 1 atom stereocenters. The van der Waals surface area contributed by atoms with Crippen LogP contribution in [0.3, 0.4) is 0 Å². The topological polar surface area (TPSA) is 46.3 Å². The number of thiophene rings is 1. The number of carbonyl (C=O) groups excluding carboxylic acids is 1. The number of rotatable bonds is 5. The highest BCUT2D eigenvalue weighted by molar-refractivity contribution is 7.09. The smallest absolute Gasteiger partial charge is 0.229 e. The van der Waals surface area contributed by atoms with Crippen LogP contribution in [0.25, 0.3) is 0 Å². The summed E-state index contributed by atoms with van der Waals surface area (Å²) in [5.41, 5.74) is 5.26. The molecule has 0 fully saturated rings. The lowest BCUT2D eigenvalue weighted by Gasteiger charge is -2.30. The zero-order chi connectivity index (χ0) is 12.2. The van der Waals surface area contributed by atoms with E-state index in [4.69, 9.17) is 5.73 Å². The van der Waals surface area contributed by atoms with Crippen molar-refractivity contribution in [1.82, 2.24) is 4.90 Å². The van der Waals surface area contributed by atoms with Crippen molar-refractivity contribution in [2.45, 2.75) is 26.8 Å². The van der Waals surface area contributed by atoms with Gasteiger partial charge in [-0.15, -0.1) is 11.3 Å². The maximum atomic E-state index is 12.2. The molecule has 0 saturated heterocycles. The van der Waals surface area contributed by atoms with Gasteiger partial charge in [-0.1, -0.05) is 13.0 Å². The molecule has 1 heterocycles. The van der Waals surface area contributed by atoms with Crippen LogP contribution in [0.2, 0.25) is 0 Å². The maximum absolute atomic E-state index is 12.2. The molecule has 0 aliphatic heterocycles. The van der Waals surface area contributed by atoms with Crippen molar-refractivity contribution in [3.05, 3.63) is 22.4 Å². The van der Waals surface area contributed by atoms with Crippen molar-refractivity contribution in [1.29, 1.82) is 0 Å². The van der Waals surface area contributed by atoms with Crippen LogP contribution in [0.15, 0.2) is 17.5 Å². The third kappa shape index (κ3) is 2.83. The average Bonchev–Trinajstić information content (AvgIpc) is 2.79. The SMILES string of the molecule is CCC(C)(CN)C(=O)N(C)Cc1cccs1. The van der Waals surface area contributed by atoms with Gasteiger partial charge in [0, 0.05) is 18.5 Å². The Bertz CT molecular complexity index is 331. The molecule has 1 aromatic heterocycles. The summed E-state index contributed by atoms with van der Waals surface area (Å²) in [6, 6.07) is 4.04. The van der Waals surface area contributed by atoms with E-state index >= 15 is 0 Å². The maximum Gasteiger partial charge on any atom is 0.229 e. The molecule has 16 heavy (non-hydrogen) atoms. The third-order valence-corrected chi connectivity index (χ3v) is 3.93. The number of hydrogen-bond acceptors (Lipinski definition) is 3. The van der Waals surface area contributed by atoms with Gasteiger partial charge in [-0.05, 0) is 24.8 Å². The Morgan fingerprint density at radius 2 is 2.31 bits per heavy atom. The van der Waals surface area contributed by atoms with Gasteiger partial charge in [-0.2, -0.15) is 0 Å². The Kier molecular flexibility index (Phi) is 4.50. The quantitative estimate of drug-likeness (QED) is 0.856. The van der Waals surface area contributed by atoms with E-state index in [-0.39, 0.29) is 5.91 Å². The minimum absolute atomic E-state index is 0.130. The van der Waals surface area contributed by atoms with E-state index in [1.165, 1.54) is 4.88 Å². The number of nitrogens with zero attached hydrogens (tertiary/aromatic N) is 1. The standard InChI is InChI=1S/C12H20N2OS/c1-4-12(2,9-13)11(15)14(3)8-10-6-5-7-16-10/h5-7H,4,8-9,13H2,1-3H3. The number of carbonyl (C=O) groups is 1. The molecule has 1 unspecified atom stereocenters. The minimum atomic E-state index is -0.425. The zero-order valence-corrected chi connectivity index (χ0v) is 11.0. The van der Waals surface area contributed by atoms with Crippen molar-refractivity contribution in [3.8, 4) is 0 Å². The lowest BCUT2D eigenvalue weighted by atomic mass is 9.86. The molecule has 0 aliphatic rings. The fourth-order valence-corrected chi connectivity index (χ4v) is 2.31. The largest absolute Gasteiger partial charge is 0.340 e. The van der Waals surface area contributed by atoms with Gasteiger partial charge >= 0.3 is 0 Å². The van der Waals surface area contributed by atoms with E-state index in [0.717, 1.165) is 6.42 Å². The first-order valence-corrected chi connectivity index (χ1v) is 6.39. The van der Waals surface area contributed by atoms with E-state index in [1.54, 1.807) is 16.2 Å². The molecule has 4 heteroatoms. The van der Waals surface area contributed by atoms with Crippen LogP contribution < -0.4 is 5.73 Å². The Morgan fingerprint density at radius 3 is 2.75 bits per heavy atom. The first-order chi connectivity index (χ1) is 7.53. The minimum Gasteiger partial charge on any atom is -0.340 e. The van der Waals surface area contributed by atoms with Crippen LogP contribution >= 0.6 is 11.3 Å². The second-order valence-electron chi connectivity index (χ2n) is 4.36. The van der Waals surface area contributed by atoms with Crippen LogP contribution in [0.5, 0.6) is 0 Å². The molecule has 0 spiro atoms. The average molecular weight is 240 g/mol. The highest BCUT2D eigenvalue weighted by Gasteiger charge is 2.32. The van der Waals surface area contributed by atoms with Crippen LogP contribution in [-0.4, -0.2) is 24.4 Å². The van der Waals surface area contributed by atoms with Crippen molar-refractivity contribution in [2.24, 2.45) is 11.1 Å². The van der Waals surface area contributed by atoms with Crippen molar-refractivity contribution < 1.29 is 4.79 Å². The molecule has 0 saturated carbocycles. The lowest BCUT2D eigenvalue weighted by molar-refractivity contribution is -0.140. The highest BCUT2D eigenvalue weighted by atomic mass is 32.1. The fraction of sp³-hybridized carbons (Fsp3) is 0.583. The van der Waals surface area contributed by atoms with Gasteiger partial charge in [0.25, 0.3) is 0 Å². The molecule has 1 amide bonds. The van der Waals surface area contributed by atoms with Gasteiger partial charge in [0.2, 0.25) is 5.91 Å². The Hall–Kier alpha value is -0.870. The molecule has 0 radical (unpaired) electrons. The molecular weight excluding hydrogens is 220 g/mol. The second kappa shape index (κ2) is 5.46.